The van der Waals surface area contributed by atoms with E-state index in [1.54, 1.807) is 6.92 Å². The second-order valence-corrected chi connectivity index (χ2v) is 12.5. The van der Waals surface area contributed by atoms with Crippen LogP contribution in [0.5, 0.6) is 0 Å². The number of aliphatic hydroxyl groups is 1. The molecule has 1 atom stereocenters. The lowest BCUT2D eigenvalue weighted by atomic mass is 10.0. The first kappa shape index (κ1) is 26.9. The summed E-state index contributed by atoms with van der Waals surface area (Å²) >= 11 is 1.11. The van der Waals surface area contributed by atoms with Gasteiger partial charge in [-0.15, -0.1) is 11.3 Å². The summed E-state index contributed by atoms with van der Waals surface area (Å²) in [7, 11) is -4.00. The number of carbonyl (C=O) groups is 3. The van der Waals surface area contributed by atoms with Crippen molar-refractivity contribution in [3.05, 3.63) is 53.0 Å². The van der Waals surface area contributed by atoms with Crippen molar-refractivity contribution in [1.82, 2.24) is 15.6 Å². The van der Waals surface area contributed by atoms with Crippen molar-refractivity contribution >= 4 is 49.0 Å². The molecule has 1 aliphatic carbocycles. The number of nitrogens with one attached hydrogen (secondary N) is 2. The zero-order valence-electron chi connectivity index (χ0n) is 20.4. The molecule has 3 N–H and O–H groups in total. The van der Waals surface area contributed by atoms with Gasteiger partial charge in [0, 0.05) is 19.1 Å². The van der Waals surface area contributed by atoms with Crippen molar-refractivity contribution in [2.75, 3.05) is 18.9 Å². The number of aliphatic hydroxyl groups excluding tert-OH is 1. The van der Waals surface area contributed by atoms with E-state index >= 15 is 0 Å². The second kappa shape index (κ2) is 11.5. The molecule has 196 valence electrons. The molecule has 0 aliphatic heterocycles. The summed E-state index contributed by atoms with van der Waals surface area (Å²) in [5.41, 5.74) is 3.24. The zero-order chi connectivity index (χ0) is 26.6. The number of sulfone groups is 1. The molecular weight excluding hydrogens is 514 g/mol. The van der Waals surface area contributed by atoms with Crippen LogP contribution in [-0.4, -0.2) is 61.1 Å². The van der Waals surface area contributed by atoms with E-state index in [-0.39, 0.29) is 48.1 Å². The molecule has 0 spiro atoms. The Morgan fingerprint density at radius 3 is 2.46 bits per heavy atom. The van der Waals surface area contributed by atoms with E-state index < -0.39 is 21.0 Å². The molecule has 0 radical (unpaired) electrons. The van der Waals surface area contributed by atoms with Crippen LogP contribution in [0.2, 0.25) is 0 Å². The molecule has 0 bridgehead atoms. The third-order valence-corrected chi connectivity index (χ3v) is 9.18. The molecular formula is C26H29N3O6S2. The van der Waals surface area contributed by atoms with Crippen LogP contribution in [-0.2, 0) is 30.6 Å². The number of fused-ring (bicyclic) bond motifs is 1. The first-order valence-electron chi connectivity index (χ1n) is 12.0. The molecule has 1 fully saturated rings. The van der Waals surface area contributed by atoms with Crippen molar-refractivity contribution in [2.24, 2.45) is 0 Å². The number of nitrogens with zero attached hydrogens (tertiary/aromatic N) is 1. The van der Waals surface area contributed by atoms with Crippen LogP contribution >= 0.6 is 11.3 Å². The molecule has 3 aromatic rings. The second-order valence-electron chi connectivity index (χ2n) is 9.19. The lowest BCUT2D eigenvalue weighted by Gasteiger charge is -2.15. The number of aromatic nitrogens is 1. The van der Waals surface area contributed by atoms with Crippen LogP contribution < -0.4 is 10.6 Å². The quantitative estimate of drug-likeness (QED) is 0.318. The molecule has 2 amide bonds. The van der Waals surface area contributed by atoms with Gasteiger partial charge in [-0.3, -0.25) is 14.4 Å². The lowest BCUT2D eigenvalue weighted by Crippen LogP contribution is -2.41. The lowest BCUT2D eigenvalue weighted by molar-refractivity contribution is -0.126. The molecule has 11 heteroatoms. The molecule has 1 unspecified atom stereocenters. The van der Waals surface area contributed by atoms with E-state index in [1.165, 1.54) is 0 Å². The molecule has 0 saturated heterocycles. The maximum absolute atomic E-state index is 13.1. The van der Waals surface area contributed by atoms with Gasteiger partial charge in [-0.25, -0.2) is 13.4 Å². The highest BCUT2D eigenvalue weighted by Crippen LogP contribution is 2.34. The Labute approximate surface area is 219 Å². The van der Waals surface area contributed by atoms with Crippen molar-refractivity contribution < 1.29 is 27.9 Å². The smallest absolute Gasteiger partial charge is 0.245 e. The summed E-state index contributed by atoms with van der Waals surface area (Å²) in [5, 5.41) is 12.9. The number of hydrogen-bond acceptors (Lipinski definition) is 8. The Morgan fingerprint density at radius 2 is 1.81 bits per heavy atom. The Bertz CT molecular complexity index is 1410. The van der Waals surface area contributed by atoms with Crippen LogP contribution in [0.15, 0.2) is 42.5 Å². The first-order valence-corrected chi connectivity index (χ1v) is 14.6. The van der Waals surface area contributed by atoms with Crippen LogP contribution in [0.25, 0.3) is 21.3 Å². The fourth-order valence-electron chi connectivity index (χ4n) is 3.92. The van der Waals surface area contributed by atoms with Gasteiger partial charge >= 0.3 is 0 Å². The highest BCUT2D eigenvalue weighted by atomic mass is 32.2. The van der Waals surface area contributed by atoms with E-state index in [0.29, 0.717) is 16.6 Å². The number of thiazole rings is 1. The zero-order valence-corrected chi connectivity index (χ0v) is 22.0. The number of benzene rings is 2. The van der Waals surface area contributed by atoms with Gasteiger partial charge in [0.1, 0.15) is 10.8 Å². The number of carbonyl (C=O) groups excluding carboxylic acids is 3. The molecule has 2 aromatic carbocycles. The summed E-state index contributed by atoms with van der Waals surface area (Å²) in [6, 6.07) is 13.3. The van der Waals surface area contributed by atoms with E-state index in [2.05, 4.69) is 15.6 Å². The number of hydrogen-bond donors (Lipinski definition) is 3. The Balaban J connectivity index is 1.60. The van der Waals surface area contributed by atoms with E-state index in [1.807, 2.05) is 42.5 Å². The van der Waals surface area contributed by atoms with Crippen molar-refractivity contribution in [3.63, 3.8) is 0 Å². The Morgan fingerprint density at radius 1 is 1.11 bits per heavy atom. The van der Waals surface area contributed by atoms with Gasteiger partial charge in [0.15, 0.2) is 15.1 Å². The van der Waals surface area contributed by atoms with Gasteiger partial charge in [0.05, 0.1) is 22.5 Å². The molecule has 1 heterocycles. The fraction of sp³-hybridized carbons (Fsp3) is 0.385. The topological polar surface area (TPSA) is 143 Å². The Hall–Kier alpha value is -3.15. The minimum atomic E-state index is -4.00. The molecule has 1 aromatic heterocycles. The van der Waals surface area contributed by atoms with Gasteiger partial charge < -0.3 is 15.7 Å². The Kier molecular flexibility index (Phi) is 8.35. The van der Waals surface area contributed by atoms with Gasteiger partial charge in [0.25, 0.3) is 0 Å². The van der Waals surface area contributed by atoms with Gasteiger partial charge in [-0.05, 0) is 55.0 Å². The predicted molar refractivity (Wildman–Crippen MR) is 142 cm³/mol. The van der Waals surface area contributed by atoms with Crippen molar-refractivity contribution in [2.45, 2.75) is 43.9 Å². The number of amides is 2. The maximum Gasteiger partial charge on any atom is 0.245 e. The minimum absolute atomic E-state index is 0.0110. The first-order chi connectivity index (χ1) is 17.7. The van der Waals surface area contributed by atoms with E-state index in [4.69, 9.17) is 5.11 Å². The van der Waals surface area contributed by atoms with Gasteiger partial charge in [-0.1, -0.05) is 30.3 Å². The number of Topliss-reactive ketones (excluding diaryl/α,β-unsaturated/α-hetero) is 1. The van der Waals surface area contributed by atoms with Gasteiger partial charge in [-0.2, -0.15) is 0 Å². The number of ketones is 1. The van der Waals surface area contributed by atoms with Crippen LogP contribution in [0, 0.1) is 0 Å². The highest BCUT2D eigenvalue weighted by molar-refractivity contribution is 7.92. The predicted octanol–water partition coefficient (Wildman–Crippen LogP) is 2.33. The van der Waals surface area contributed by atoms with Crippen LogP contribution in [0.3, 0.4) is 0 Å². The normalized spacial score (nSPS) is 14.3. The monoisotopic (exact) mass is 543 g/mol. The standard InChI is InChI=1S/C26H29N3O6S2/c1-16(31)13-17-3-5-18(6-4-17)19-7-10-22-21(14-19)29-26(36-22)24(37(34,35)12-2-11-30)25(33)27-15-23(32)28-20-8-9-20/h3-7,10,14,20,24,30H,2,8-9,11-13,15H2,1H3,(H,27,33)(H,28,32). The average Bonchev–Trinajstić information content (AvgIpc) is 3.57. The van der Waals surface area contributed by atoms with Crippen molar-refractivity contribution in [1.29, 1.82) is 0 Å². The minimum Gasteiger partial charge on any atom is -0.396 e. The molecule has 1 saturated carbocycles. The molecule has 9 nitrogen and oxygen atoms in total. The molecule has 1 aliphatic rings. The molecule has 4 rings (SSSR count). The van der Waals surface area contributed by atoms with Crippen molar-refractivity contribution in [3.8, 4) is 11.1 Å². The summed E-state index contributed by atoms with van der Waals surface area (Å²) in [6.07, 6.45) is 2.15. The third kappa shape index (κ3) is 7.00. The summed E-state index contributed by atoms with van der Waals surface area (Å²) in [6.45, 7) is 0.893. The third-order valence-electron chi connectivity index (χ3n) is 5.92. The number of rotatable bonds is 12. The SMILES string of the molecule is CC(=O)Cc1ccc(-c2ccc3sc(C(C(=O)NCC(=O)NC4CC4)S(=O)(=O)CCCO)nc3c2)cc1. The van der Waals surface area contributed by atoms with E-state index in [9.17, 15) is 22.8 Å². The molecule has 37 heavy (non-hydrogen) atoms. The average molecular weight is 544 g/mol. The highest BCUT2D eigenvalue weighted by Gasteiger charge is 2.37. The fourth-order valence-corrected chi connectivity index (χ4v) is 6.97. The summed E-state index contributed by atoms with van der Waals surface area (Å²) < 4.78 is 26.9. The van der Waals surface area contributed by atoms with Crippen LogP contribution in [0.1, 0.15) is 42.0 Å². The maximum atomic E-state index is 13.1. The van der Waals surface area contributed by atoms with Crippen LogP contribution in [0.4, 0.5) is 0 Å². The largest absolute Gasteiger partial charge is 0.396 e. The summed E-state index contributed by atoms with van der Waals surface area (Å²) in [4.78, 5) is 40.9. The van der Waals surface area contributed by atoms with Gasteiger partial charge in [0.2, 0.25) is 11.8 Å². The van der Waals surface area contributed by atoms with E-state index in [0.717, 1.165) is 40.9 Å². The summed E-state index contributed by atoms with van der Waals surface area (Å²) in [5.74, 6) is -1.49.